The van der Waals surface area contributed by atoms with Gasteiger partial charge in [-0.15, -0.1) is 10.2 Å². The van der Waals surface area contributed by atoms with Crippen LogP contribution < -0.4 is 10.6 Å². The summed E-state index contributed by atoms with van der Waals surface area (Å²) in [6, 6.07) is 3.54. The average molecular weight is 291 g/mol. The van der Waals surface area contributed by atoms with Crippen molar-refractivity contribution in [2.24, 2.45) is 0 Å². The smallest absolute Gasteiger partial charge is 0.257 e. The van der Waals surface area contributed by atoms with E-state index in [1.807, 2.05) is 20.8 Å². The first-order valence-corrected chi connectivity index (χ1v) is 7.30. The van der Waals surface area contributed by atoms with Crippen LogP contribution in [0.25, 0.3) is 0 Å². The molecule has 20 heavy (non-hydrogen) atoms. The Morgan fingerprint density at radius 1 is 1.30 bits per heavy atom. The van der Waals surface area contributed by atoms with Crippen LogP contribution in [0.2, 0.25) is 0 Å². The van der Waals surface area contributed by atoms with Crippen LogP contribution in [0.15, 0.2) is 12.1 Å². The molecule has 0 unspecified atom stereocenters. The summed E-state index contributed by atoms with van der Waals surface area (Å²) in [6.07, 6.45) is 0.775. The molecule has 2 rings (SSSR count). The molecule has 0 saturated heterocycles. The van der Waals surface area contributed by atoms with Gasteiger partial charge in [-0.3, -0.25) is 10.1 Å². The molecule has 0 radical (unpaired) electrons. The minimum absolute atomic E-state index is 0.197. The fourth-order valence-corrected chi connectivity index (χ4v) is 2.27. The molecule has 6 nitrogen and oxygen atoms in total. The van der Waals surface area contributed by atoms with Crippen molar-refractivity contribution in [2.45, 2.75) is 27.2 Å². The highest BCUT2D eigenvalue weighted by atomic mass is 32.1. The van der Waals surface area contributed by atoms with E-state index >= 15 is 0 Å². The zero-order valence-electron chi connectivity index (χ0n) is 11.7. The van der Waals surface area contributed by atoms with E-state index in [2.05, 4.69) is 25.8 Å². The van der Waals surface area contributed by atoms with Gasteiger partial charge >= 0.3 is 0 Å². The van der Waals surface area contributed by atoms with Crippen molar-refractivity contribution < 1.29 is 4.79 Å². The molecule has 7 heteroatoms. The van der Waals surface area contributed by atoms with E-state index in [4.69, 9.17) is 0 Å². The molecule has 0 spiro atoms. The van der Waals surface area contributed by atoms with Crippen LogP contribution in [0.3, 0.4) is 0 Å². The van der Waals surface area contributed by atoms with Crippen LogP contribution in [0.4, 0.5) is 10.9 Å². The number of hydrogen-bond acceptors (Lipinski definition) is 6. The normalized spacial score (nSPS) is 10.3. The van der Waals surface area contributed by atoms with Crippen LogP contribution in [-0.2, 0) is 6.42 Å². The van der Waals surface area contributed by atoms with Gasteiger partial charge in [0.2, 0.25) is 5.13 Å². The van der Waals surface area contributed by atoms with Crippen molar-refractivity contribution in [2.75, 3.05) is 17.2 Å². The van der Waals surface area contributed by atoms with Crippen molar-refractivity contribution in [3.63, 3.8) is 0 Å². The third-order valence-corrected chi connectivity index (χ3v) is 3.36. The van der Waals surface area contributed by atoms with E-state index < -0.39 is 0 Å². The third kappa shape index (κ3) is 3.51. The number of pyridine rings is 1. The number of amides is 1. The quantitative estimate of drug-likeness (QED) is 0.884. The van der Waals surface area contributed by atoms with Gasteiger partial charge in [0.15, 0.2) is 0 Å². The lowest BCUT2D eigenvalue weighted by atomic mass is 10.2. The summed E-state index contributed by atoms with van der Waals surface area (Å²) in [5.41, 5.74) is 1.45. The number of rotatable bonds is 5. The van der Waals surface area contributed by atoms with Gasteiger partial charge in [0, 0.05) is 17.8 Å². The molecule has 0 aliphatic heterocycles. The molecule has 0 fully saturated rings. The molecule has 0 aliphatic rings. The van der Waals surface area contributed by atoms with Gasteiger partial charge in [0.1, 0.15) is 10.8 Å². The number of aromatic nitrogens is 3. The Bertz CT molecular complexity index is 611. The summed E-state index contributed by atoms with van der Waals surface area (Å²) >= 11 is 1.35. The highest BCUT2D eigenvalue weighted by Gasteiger charge is 2.11. The Morgan fingerprint density at radius 2 is 2.10 bits per heavy atom. The second-order valence-electron chi connectivity index (χ2n) is 4.20. The third-order valence-electron chi connectivity index (χ3n) is 2.61. The minimum Gasteiger partial charge on any atom is -0.370 e. The summed E-state index contributed by atoms with van der Waals surface area (Å²) in [5, 5.41) is 15.0. The maximum Gasteiger partial charge on any atom is 0.257 e. The fourth-order valence-electron chi connectivity index (χ4n) is 1.69. The summed E-state index contributed by atoms with van der Waals surface area (Å²) < 4.78 is 0. The number of aryl methyl sites for hydroxylation is 2. The molecule has 2 heterocycles. The molecule has 106 valence electrons. The van der Waals surface area contributed by atoms with Crippen molar-refractivity contribution in [3.05, 3.63) is 28.4 Å². The van der Waals surface area contributed by atoms with Gasteiger partial charge in [-0.2, -0.15) is 0 Å². The largest absolute Gasteiger partial charge is 0.370 e. The SMILES string of the molecule is CCNc1cc(C(=O)Nc2nnc(C)s2)cc(CC)n1. The molecule has 0 saturated carbocycles. The van der Waals surface area contributed by atoms with E-state index in [0.29, 0.717) is 16.5 Å². The monoisotopic (exact) mass is 291 g/mol. The Labute approximate surface area is 121 Å². The molecule has 1 amide bonds. The molecule has 2 N–H and O–H groups in total. The molecule has 2 aromatic heterocycles. The van der Waals surface area contributed by atoms with E-state index in [1.54, 1.807) is 12.1 Å². The Morgan fingerprint density at radius 3 is 2.70 bits per heavy atom. The lowest BCUT2D eigenvalue weighted by Gasteiger charge is -2.08. The number of nitrogens with zero attached hydrogens (tertiary/aromatic N) is 3. The van der Waals surface area contributed by atoms with E-state index in [9.17, 15) is 4.79 Å². The first-order valence-electron chi connectivity index (χ1n) is 6.48. The van der Waals surface area contributed by atoms with Gasteiger partial charge in [-0.1, -0.05) is 18.3 Å². The van der Waals surface area contributed by atoms with Crippen molar-refractivity contribution in [1.82, 2.24) is 15.2 Å². The number of carbonyl (C=O) groups excluding carboxylic acids is 1. The zero-order valence-corrected chi connectivity index (χ0v) is 12.5. The van der Waals surface area contributed by atoms with Gasteiger partial charge in [-0.05, 0) is 32.4 Å². The van der Waals surface area contributed by atoms with Crippen molar-refractivity contribution in [3.8, 4) is 0 Å². The highest BCUT2D eigenvalue weighted by Crippen LogP contribution is 2.17. The van der Waals surface area contributed by atoms with Gasteiger partial charge < -0.3 is 5.32 Å². The average Bonchev–Trinajstić information content (AvgIpc) is 2.84. The Kier molecular flexibility index (Phi) is 4.62. The molecule has 0 aliphatic carbocycles. The van der Waals surface area contributed by atoms with Crippen molar-refractivity contribution in [1.29, 1.82) is 0 Å². The molecule has 0 bridgehead atoms. The van der Waals surface area contributed by atoms with Gasteiger partial charge in [0.05, 0.1) is 0 Å². The van der Waals surface area contributed by atoms with E-state index in [-0.39, 0.29) is 5.91 Å². The summed E-state index contributed by atoms with van der Waals surface area (Å²) in [6.45, 7) is 6.60. The molecular formula is C13H17N5OS. The van der Waals surface area contributed by atoms with Crippen LogP contribution in [-0.4, -0.2) is 27.6 Å². The standard InChI is InChI=1S/C13H17N5OS/c1-4-10-6-9(7-11(15-10)14-5-2)12(19)16-13-18-17-8(3)20-13/h6-7H,4-5H2,1-3H3,(H,14,15)(H,16,18,19). The summed E-state index contributed by atoms with van der Waals surface area (Å²) in [7, 11) is 0. The Hall–Kier alpha value is -2.02. The van der Waals surface area contributed by atoms with Crippen LogP contribution in [0.5, 0.6) is 0 Å². The minimum atomic E-state index is -0.197. The van der Waals surface area contributed by atoms with E-state index in [0.717, 1.165) is 23.7 Å². The van der Waals surface area contributed by atoms with E-state index in [1.165, 1.54) is 11.3 Å². The summed E-state index contributed by atoms with van der Waals surface area (Å²) in [5.74, 6) is 0.517. The predicted octanol–water partition coefficient (Wildman–Crippen LogP) is 2.49. The first kappa shape index (κ1) is 14.4. The zero-order chi connectivity index (χ0) is 14.5. The lowest BCUT2D eigenvalue weighted by molar-refractivity contribution is 0.102. The van der Waals surface area contributed by atoms with Crippen LogP contribution in [0, 0.1) is 6.92 Å². The first-order chi connectivity index (χ1) is 9.62. The topological polar surface area (TPSA) is 79.8 Å². The lowest BCUT2D eigenvalue weighted by Crippen LogP contribution is -2.13. The number of hydrogen-bond donors (Lipinski definition) is 2. The fraction of sp³-hybridized carbons (Fsp3) is 0.385. The Balaban J connectivity index is 2.21. The molecule has 0 atom stereocenters. The predicted molar refractivity (Wildman–Crippen MR) is 80.4 cm³/mol. The highest BCUT2D eigenvalue weighted by molar-refractivity contribution is 7.15. The van der Waals surface area contributed by atoms with Crippen LogP contribution >= 0.6 is 11.3 Å². The van der Waals surface area contributed by atoms with Gasteiger partial charge in [-0.25, -0.2) is 4.98 Å². The van der Waals surface area contributed by atoms with Crippen LogP contribution in [0.1, 0.15) is 34.9 Å². The van der Waals surface area contributed by atoms with Gasteiger partial charge in [0.25, 0.3) is 5.91 Å². The number of nitrogens with one attached hydrogen (secondary N) is 2. The molecule has 2 aromatic rings. The van der Waals surface area contributed by atoms with Crippen molar-refractivity contribution >= 4 is 28.2 Å². The summed E-state index contributed by atoms with van der Waals surface area (Å²) in [4.78, 5) is 16.6. The number of carbonyl (C=O) groups is 1. The second kappa shape index (κ2) is 6.42. The maximum absolute atomic E-state index is 12.2. The molecular weight excluding hydrogens is 274 g/mol. The second-order valence-corrected chi connectivity index (χ2v) is 5.38. The molecule has 0 aromatic carbocycles. The maximum atomic E-state index is 12.2. The number of anilines is 2.